The summed E-state index contributed by atoms with van der Waals surface area (Å²) in [5, 5.41) is 0. The minimum Gasteiger partial charge on any atom is -0.427 e. The van der Waals surface area contributed by atoms with Crippen LogP contribution in [0.15, 0.2) is 30.3 Å². The molecule has 0 bridgehead atoms. The molecular formula is C15H20O2. The summed E-state index contributed by atoms with van der Waals surface area (Å²) in [6, 6.07) is 7.52. The molecule has 0 spiro atoms. The highest BCUT2D eigenvalue weighted by atomic mass is 16.5. The van der Waals surface area contributed by atoms with Crippen molar-refractivity contribution in [2.45, 2.75) is 33.6 Å². The Hall–Kier alpha value is -1.57. The number of carbonyl (C=O) groups excluding carboxylic acids is 1. The smallest absolute Gasteiger partial charge is 0.308 e. The summed E-state index contributed by atoms with van der Waals surface area (Å²) >= 11 is 0. The molecule has 0 heterocycles. The van der Waals surface area contributed by atoms with Gasteiger partial charge < -0.3 is 4.74 Å². The molecule has 0 fully saturated rings. The lowest BCUT2D eigenvalue weighted by Crippen LogP contribution is -2.00. The largest absolute Gasteiger partial charge is 0.427 e. The van der Waals surface area contributed by atoms with E-state index in [4.69, 9.17) is 4.74 Å². The van der Waals surface area contributed by atoms with Crippen LogP contribution in [-0.4, -0.2) is 5.97 Å². The van der Waals surface area contributed by atoms with Crippen molar-refractivity contribution in [2.75, 3.05) is 0 Å². The van der Waals surface area contributed by atoms with Crippen molar-refractivity contribution in [3.63, 3.8) is 0 Å². The first-order chi connectivity index (χ1) is 8.11. The first-order valence-corrected chi connectivity index (χ1v) is 6.06. The van der Waals surface area contributed by atoms with Gasteiger partial charge in [-0.2, -0.15) is 0 Å². The lowest BCUT2D eigenvalue weighted by atomic mass is 10.0. The van der Waals surface area contributed by atoms with E-state index in [9.17, 15) is 4.79 Å². The average molecular weight is 232 g/mol. The number of esters is 1. The Morgan fingerprint density at radius 3 is 2.53 bits per heavy atom. The molecule has 92 valence electrons. The number of allylic oxidation sites excluding steroid dienone is 1. The zero-order chi connectivity index (χ0) is 12.7. The highest BCUT2D eigenvalue weighted by Gasteiger charge is 1.97. The number of carbonyl (C=O) groups is 1. The molecule has 0 radical (unpaired) electrons. The number of ether oxygens (including phenoxy) is 1. The van der Waals surface area contributed by atoms with Crippen molar-refractivity contribution in [2.24, 2.45) is 5.92 Å². The molecule has 0 amide bonds. The van der Waals surface area contributed by atoms with Crippen LogP contribution < -0.4 is 4.74 Å². The van der Waals surface area contributed by atoms with E-state index in [1.54, 1.807) is 0 Å². The van der Waals surface area contributed by atoms with E-state index in [1.807, 2.05) is 24.3 Å². The highest BCUT2D eigenvalue weighted by molar-refractivity contribution is 5.69. The average Bonchev–Trinajstić information content (AvgIpc) is 2.30. The molecule has 2 heteroatoms. The second-order valence-electron chi connectivity index (χ2n) is 4.31. The Balaban J connectivity index is 2.53. The van der Waals surface area contributed by atoms with E-state index in [1.165, 1.54) is 13.3 Å². The summed E-state index contributed by atoms with van der Waals surface area (Å²) in [7, 11) is 0. The Labute approximate surface area is 103 Å². The normalized spacial score (nSPS) is 12.6. The molecule has 0 saturated heterocycles. The van der Waals surface area contributed by atoms with Gasteiger partial charge in [-0.15, -0.1) is 0 Å². The van der Waals surface area contributed by atoms with E-state index in [2.05, 4.69) is 26.0 Å². The Morgan fingerprint density at radius 1 is 1.35 bits per heavy atom. The topological polar surface area (TPSA) is 26.3 Å². The predicted octanol–water partition coefficient (Wildman–Crippen LogP) is 4.06. The van der Waals surface area contributed by atoms with Gasteiger partial charge in [-0.25, -0.2) is 0 Å². The summed E-state index contributed by atoms with van der Waals surface area (Å²) < 4.78 is 4.97. The van der Waals surface area contributed by atoms with Gasteiger partial charge in [-0.05, 0) is 30.0 Å². The molecule has 0 aromatic heterocycles. The summed E-state index contributed by atoms with van der Waals surface area (Å²) in [6.07, 6.45) is 6.59. The second-order valence-corrected chi connectivity index (χ2v) is 4.31. The number of rotatable bonds is 5. The molecule has 0 N–H and O–H groups in total. The summed E-state index contributed by atoms with van der Waals surface area (Å²) in [4.78, 5) is 10.7. The third kappa shape index (κ3) is 5.34. The van der Waals surface area contributed by atoms with E-state index < -0.39 is 0 Å². The first kappa shape index (κ1) is 13.5. The van der Waals surface area contributed by atoms with Gasteiger partial charge in [0, 0.05) is 6.92 Å². The second kappa shape index (κ2) is 6.89. The molecular weight excluding hydrogens is 212 g/mol. The van der Waals surface area contributed by atoms with E-state index in [0.717, 1.165) is 17.9 Å². The van der Waals surface area contributed by atoms with Crippen molar-refractivity contribution in [1.82, 2.24) is 0 Å². The van der Waals surface area contributed by atoms with Crippen molar-refractivity contribution >= 4 is 12.0 Å². The van der Waals surface area contributed by atoms with Crippen molar-refractivity contribution in [1.29, 1.82) is 0 Å². The molecule has 0 aliphatic rings. The Kier molecular flexibility index (Phi) is 5.47. The molecule has 1 aromatic rings. The minimum atomic E-state index is -0.287. The molecule has 1 aromatic carbocycles. The minimum absolute atomic E-state index is 0.287. The van der Waals surface area contributed by atoms with Gasteiger partial charge in [0.1, 0.15) is 5.75 Å². The van der Waals surface area contributed by atoms with Crippen LogP contribution >= 0.6 is 0 Å². The maximum absolute atomic E-state index is 10.7. The zero-order valence-corrected chi connectivity index (χ0v) is 10.8. The van der Waals surface area contributed by atoms with Gasteiger partial charge in [0.05, 0.1) is 0 Å². The van der Waals surface area contributed by atoms with Gasteiger partial charge in [0.25, 0.3) is 0 Å². The SMILES string of the molecule is CCC(C)C/C=C/c1ccc(OC(C)=O)cc1. The quantitative estimate of drug-likeness (QED) is 0.565. The Morgan fingerprint density at radius 2 is 2.00 bits per heavy atom. The van der Waals surface area contributed by atoms with Crippen molar-refractivity contribution in [3.05, 3.63) is 35.9 Å². The van der Waals surface area contributed by atoms with Crippen LogP contribution in [0.1, 0.15) is 39.2 Å². The molecule has 2 nitrogen and oxygen atoms in total. The Bertz CT molecular complexity index is 376. The third-order valence-electron chi connectivity index (χ3n) is 2.69. The van der Waals surface area contributed by atoms with Crippen LogP contribution in [-0.2, 0) is 4.79 Å². The predicted molar refractivity (Wildman–Crippen MR) is 70.9 cm³/mol. The molecule has 0 aliphatic carbocycles. The van der Waals surface area contributed by atoms with Crippen LogP contribution in [0.4, 0.5) is 0 Å². The van der Waals surface area contributed by atoms with Gasteiger partial charge in [0.15, 0.2) is 0 Å². The van der Waals surface area contributed by atoms with Crippen molar-refractivity contribution < 1.29 is 9.53 Å². The third-order valence-corrected chi connectivity index (χ3v) is 2.69. The lowest BCUT2D eigenvalue weighted by molar-refractivity contribution is -0.131. The van der Waals surface area contributed by atoms with Crippen LogP contribution in [0.25, 0.3) is 6.08 Å². The number of benzene rings is 1. The van der Waals surface area contributed by atoms with Crippen LogP contribution in [0, 0.1) is 5.92 Å². The molecule has 1 unspecified atom stereocenters. The first-order valence-electron chi connectivity index (χ1n) is 6.06. The fraction of sp³-hybridized carbons (Fsp3) is 0.400. The zero-order valence-electron chi connectivity index (χ0n) is 10.8. The molecule has 0 saturated carbocycles. The van der Waals surface area contributed by atoms with Crippen LogP contribution in [0.3, 0.4) is 0 Å². The lowest BCUT2D eigenvalue weighted by Gasteiger charge is -2.03. The summed E-state index contributed by atoms with van der Waals surface area (Å²) in [6.45, 7) is 5.85. The van der Waals surface area contributed by atoms with Gasteiger partial charge in [-0.1, -0.05) is 44.6 Å². The van der Waals surface area contributed by atoms with E-state index >= 15 is 0 Å². The van der Waals surface area contributed by atoms with Crippen LogP contribution in [0.5, 0.6) is 5.75 Å². The van der Waals surface area contributed by atoms with Crippen molar-refractivity contribution in [3.8, 4) is 5.75 Å². The van der Waals surface area contributed by atoms with Gasteiger partial charge in [0.2, 0.25) is 0 Å². The van der Waals surface area contributed by atoms with E-state index in [-0.39, 0.29) is 5.97 Å². The molecule has 17 heavy (non-hydrogen) atoms. The van der Waals surface area contributed by atoms with E-state index in [0.29, 0.717) is 5.75 Å². The van der Waals surface area contributed by atoms with Gasteiger partial charge in [-0.3, -0.25) is 4.79 Å². The molecule has 0 aliphatic heterocycles. The fourth-order valence-corrected chi connectivity index (χ4v) is 1.42. The van der Waals surface area contributed by atoms with Crippen LogP contribution in [0.2, 0.25) is 0 Å². The molecule has 1 atom stereocenters. The monoisotopic (exact) mass is 232 g/mol. The summed E-state index contributed by atoms with van der Waals surface area (Å²) in [5.74, 6) is 1.04. The van der Waals surface area contributed by atoms with Gasteiger partial charge >= 0.3 is 5.97 Å². The fourth-order valence-electron chi connectivity index (χ4n) is 1.42. The number of hydrogen-bond donors (Lipinski definition) is 0. The molecule has 1 rings (SSSR count). The standard InChI is InChI=1S/C15H20O2/c1-4-12(2)6-5-7-14-8-10-15(11-9-14)17-13(3)16/h5,7-12H,4,6H2,1-3H3/b7-5+. The maximum Gasteiger partial charge on any atom is 0.308 e. The maximum atomic E-state index is 10.7. The number of hydrogen-bond acceptors (Lipinski definition) is 2. The summed E-state index contributed by atoms with van der Waals surface area (Å²) in [5.41, 5.74) is 1.13. The highest BCUT2D eigenvalue weighted by Crippen LogP contribution is 2.14.